The van der Waals surface area contributed by atoms with E-state index in [1.807, 2.05) is 36.4 Å². The Morgan fingerprint density at radius 1 is 0.697 bits per heavy atom. The highest BCUT2D eigenvalue weighted by Crippen LogP contribution is 2.40. The number of furan rings is 1. The predicted octanol–water partition coefficient (Wildman–Crippen LogP) is 6.17. The molecule has 1 aromatic heterocycles. The molecule has 1 aliphatic carbocycles. The first kappa shape index (κ1) is 20.1. The van der Waals surface area contributed by atoms with Crippen LogP contribution in [0.4, 0.5) is 0 Å². The second-order valence-electron chi connectivity index (χ2n) is 11.1. The Morgan fingerprint density at radius 2 is 1.15 bits per heavy atom. The van der Waals surface area contributed by atoms with Gasteiger partial charge in [-0.15, -0.1) is 0 Å². The molecule has 6 rings (SSSR count). The van der Waals surface area contributed by atoms with Gasteiger partial charge in [-0.25, -0.2) is 9.98 Å². The second-order valence-corrected chi connectivity index (χ2v) is 11.1. The van der Waals surface area contributed by atoms with Crippen molar-refractivity contribution in [1.82, 2.24) is 0 Å². The first-order valence-electron chi connectivity index (χ1n) is 11.4. The standard InChI is InChI=1S/C29H26N2O2/c1-28(2,3)18-13-15(14-19(26(18)32)29(4,5)6)27-30-24-16-9-7-11-20-22(16)23-17(25(24)31-27)10-8-12-21(23)33-20/h7-14H,1-6H3. The van der Waals surface area contributed by atoms with E-state index in [4.69, 9.17) is 14.4 Å². The first-order valence-corrected chi connectivity index (χ1v) is 11.4. The maximum Gasteiger partial charge on any atom is 0.186 e. The van der Waals surface area contributed by atoms with Gasteiger partial charge >= 0.3 is 0 Å². The number of rotatable bonds is 0. The topological polar surface area (TPSA) is 54.9 Å². The average Bonchev–Trinajstić information content (AvgIpc) is 3.34. The van der Waals surface area contributed by atoms with Gasteiger partial charge in [-0.05, 0) is 35.1 Å². The van der Waals surface area contributed by atoms with Gasteiger partial charge < -0.3 is 4.42 Å². The molecule has 4 heteroatoms. The summed E-state index contributed by atoms with van der Waals surface area (Å²) in [4.78, 5) is 23.4. The molecule has 0 bridgehead atoms. The Labute approximate surface area is 192 Å². The molecule has 2 aliphatic rings. The van der Waals surface area contributed by atoms with E-state index in [2.05, 4.69) is 53.7 Å². The summed E-state index contributed by atoms with van der Waals surface area (Å²) in [6.45, 7) is 12.5. The van der Waals surface area contributed by atoms with Gasteiger partial charge in [-0.2, -0.15) is 0 Å². The van der Waals surface area contributed by atoms with Crippen LogP contribution in [-0.2, 0) is 4.79 Å². The van der Waals surface area contributed by atoms with Crippen molar-refractivity contribution in [3.05, 3.63) is 81.8 Å². The molecule has 164 valence electrons. The number of Topliss-reactive ketones (excluding diaryl/α,β-unsaturated/α-hetero) is 1. The predicted molar refractivity (Wildman–Crippen MR) is 132 cm³/mol. The van der Waals surface area contributed by atoms with Gasteiger partial charge in [-0.3, -0.25) is 4.79 Å². The van der Waals surface area contributed by atoms with Gasteiger partial charge in [0.15, 0.2) is 11.6 Å². The number of ketones is 1. The van der Waals surface area contributed by atoms with Crippen molar-refractivity contribution in [1.29, 1.82) is 0 Å². The second kappa shape index (κ2) is 6.28. The SMILES string of the molecule is CC(C)(C)C1=CC(=C2N=c3c(c4cccc5oc6cccc3c6c54)=N2)C=C(C(C)(C)C)C1=O. The summed E-state index contributed by atoms with van der Waals surface area (Å²) in [5.74, 6) is 0.777. The van der Waals surface area contributed by atoms with E-state index in [1.54, 1.807) is 0 Å². The Kier molecular flexibility index (Phi) is 3.83. The van der Waals surface area contributed by atoms with Gasteiger partial charge in [0, 0.05) is 38.3 Å². The van der Waals surface area contributed by atoms with Gasteiger partial charge in [0.05, 0.1) is 10.7 Å². The summed E-state index contributed by atoms with van der Waals surface area (Å²) in [6.07, 6.45) is 3.98. The molecule has 4 nitrogen and oxygen atoms in total. The maximum absolute atomic E-state index is 13.4. The molecule has 33 heavy (non-hydrogen) atoms. The number of nitrogens with zero attached hydrogens (tertiary/aromatic N) is 2. The lowest BCUT2D eigenvalue weighted by Crippen LogP contribution is -2.28. The van der Waals surface area contributed by atoms with Crippen LogP contribution < -0.4 is 10.7 Å². The lowest BCUT2D eigenvalue weighted by Gasteiger charge is -2.31. The summed E-state index contributed by atoms with van der Waals surface area (Å²) in [6, 6.07) is 12.2. The molecule has 4 aromatic rings. The Morgan fingerprint density at radius 3 is 1.58 bits per heavy atom. The zero-order valence-corrected chi connectivity index (χ0v) is 19.8. The van der Waals surface area contributed by atoms with Gasteiger partial charge in [0.2, 0.25) is 0 Å². The first-order chi connectivity index (χ1) is 15.5. The third kappa shape index (κ3) is 2.80. The third-order valence-corrected chi connectivity index (χ3v) is 6.66. The number of carbonyl (C=O) groups excluding carboxylic acids is 1. The molecule has 1 aliphatic heterocycles. The van der Waals surface area contributed by atoms with Crippen molar-refractivity contribution in [2.45, 2.75) is 41.5 Å². The quantitative estimate of drug-likeness (QED) is 0.311. The molecule has 2 heterocycles. The zero-order valence-electron chi connectivity index (χ0n) is 19.8. The van der Waals surface area contributed by atoms with E-state index in [0.717, 1.165) is 60.1 Å². The Balaban J connectivity index is 1.73. The van der Waals surface area contributed by atoms with Crippen molar-refractivity contribution in [2.24, 2.45) is 20.8 Å². The number of hydrogen-bond donors (Lipinski definition) is 0. The lowest BCUT2D eigenvalue weighted by molar-refractivity contribution is -0.114. The normalized spacial score (nSPS) is 17.0. The molecular weight excluding hydrogens is 408 g/mol. The van der Waals surface area contributed by atoms with Crippen LogP contribution in [-0.4, -0.2) is 5.78 Å². The molecule has 0 saturated heterocycles. The van der Waals surface area contributed by atoms with Crippen LogP contribution in [0.3, 0.4) is 0 Å². The average molecular weight is 435 g/mol. The number of allylic oxidation sites excluding steroid dienone is 5. The third-order valence-electron chi connectivity index (χ3n) is 6.66. The van der Waals surface area contributed by atoms with Crippen LogP contribution in [0.5, 0.6) is 0 Å². The van der Waals surface area contributed by atoms with Crippen LogP contribution in [0, 0.1) is 10.8 Å². The van der Waals surface area contributed by atoms with Gasteiger partial charge in [-0.1, -0.05) is 65.8 Å². The molecule has 0 fully saturated rings. The van der Waals surface area contributed by atoms with Crippen molar-refractivity contribution in [2.75, 3.05) is 0 Å². The Bertz CT molecular complexity index is 1610. The van der Waals surface area contributed by atoms with E-state index < -0.39 is 0 Å². The monoisotopic (exact) mass is 434 g/mol. The summed E-state index contributed by atoms with van der Waals surface area (Å²) >= 11 is 0. The zero-order chi connectivity index (χ0) is 23.3. The molecule has 0 spiro atoms. The summed E-state index contributed by atoms with van der Waals surface area (Å²) in [7, 11) is 0. The van der Waals surface area contributed by atoms with Gasteiger partial charge in [0.1, 0.15) is 11.2 Å². The van der Waals surface area contributed by atoms with Gasteiger partial charge in [0.25, 0.3) is 0 Å². The minimum atomic E-state index is -0.277. The molecule has 0 atom stereocenters. The van der Waals surface area contributed by atoms with Crippen LogP contribution in [0.25, 0.3) is 32.7 Å². The van der Waals surface area contributed by atoms with E-state index in [1.165, 1.54) is 0 Å². The smallest absolute Gasteiger partial charge is 0.186 e. The number of hydrogen-bond acceptors (Lipinski definition) is 4. The minimum absolute atomic E-state index is 0.117. The largest absolute Gasteiger partial charge is 0.456 e. The summed E-state index contributed by atoms with van der Waals surface area (Å²) in [5.41, 5.74) is 3.67. The van der Waals surface area contributed by atoms with Crippen LogP contribution in [0.15, 0.2) is 85.5 Å². The molecule has 0 radical (unpaired) electrons. The fourth-order valence-corrected chi connectivity index (χ4v) is 4.98. The number of benzene rings is 3. The molecule has 0 saturated carbocycles. The summed E-state index contributed by atoms with van der Waals surface area (Å²) < 4.78 is 6.10. The molecular formula is C29H26N2O2. The fourth-order valence-electron chi connectivity index (χ4n) is 4.98. The van der Waals surface area contributed by atoms with E-state index >= 15 is 0 Å². The van der Waals surface area contributed by atoms with E-state index in [-0.39, 0.29) is 16.6 Å². The number of fused-ring (bicyclic) bond motifs is 3. The van der Waals surface area contributed by atoms with Crippen LogP contribution >= 0.6 is 0 Å². The number of carbonyl (C=O) groups is 1. The van der Waals surface area contributed by atoms with Crippen molar-refractivity contribution in [3.8, 4) is 0 Å². The van der Waals surface area contributed by atoms with Crippen molar-refractivity contribution < 1.29 is 9.21 Å². The van der Waals surface area contributed by atoms with Crippen LogP contribution in [0.1, 0.15) is 41.5 Å². The highest BCUT2D eigenvalue weighted by molar-refractivity contribution is 6.21. The Hall–Kier alpha value is -3.53. The fraction of sp³-hybridized carbons (Fsp3) is 0.276. The molecule has 0 N–H and O–H groups in total. The van der Waals surface area contributed by atoms with E-state index in [0.29, 0.717) is 5.82 Å². The molecule has 0 amide bonds. The molecule has 3 aromatic carbocycles. The highest BCUT2D eigenvalue weighted by atomic mass is 16.3. The summed E-state index contributed by atoms with van der Waals surface area (Å²) in [5, 5.41) is 6.04. The highest BCUT2D eigenvalue weighted by Gasteiger charge is 2.35. The maximum atomic E-state index is 13.4. The molecule has 0 unspecified atom stereocenters. The van der Waals surface area contributed by atoms with Crippen LogP contribution in [0.2, 0.25) is 0 Å². The van der Waals surface area contributed by atoms with Crippen molar-refractivity contribution >= 4 is 38.5 Å². The van der Waals surface area contributed by atoms with Crippen molar-refractivity contribution in [3.63, 3.8) is 0 Å². The van der Waals surface area contributed by atoms with E-state index in [9.17, 15) is 4.79 Å². The lowest BCUT2D eigenvalue weighted by atomic mass is 9.72. The minimum Gasteiger partial charge on any atom is -0.456 e.